The summed E-state index contributed by atoms with van der Waals surface area (Å²) in [6, 6.07) is 5.79. The third kappa shape index (κ3) is 1.24. The van der Waals surface area contributed by atoms with Crippen LogP contribution >= 0.6 is 0 Å². The van der Waals surface area contributed by atoms with Crippen molar-refractivity contribution in [2.45, 2.75) is 0 Å². The molecule has 0 spiro atoms. The van der Waals surface area contributed by atoms with Gasteiger partial charge < -0.3 is 0 Å². The summed E-state index contributed by atoms with van der Waals surface area (Å²) in [5, 5.41) is 3.70. The van der Waals surface area contributed by atoms with Crippen LogP contribution in [0, 0.1) is 0 Å². The van der Waals surface area contributed by atoms with Crippen molar-refractivity contribution in [1.29, 1.82) is 0 Å². The zero-order valence-corrected chi connectivity index (χ0v) is 6.81. The van der Waals surface area contributed by atoms with Crippen molar-refractivity contribution in [1.82, 2.24) is 15.5 Å². The molecule has 62 valence electrons. The zero-order valence-electron chi connectivity index (χ0n) is 6.81. The molecule has 0 fully saturated rings. The van der Waals surface area contributed by atoms with Gasteiger partial charge in [0.2, 0.25) is 0 Å². The Balaban J connectivity index is 2.18. The van der Waals surface area contributed by atoms with E-state index in [1.54, 1.807) is 6.20 Å². The van der Waals surface area contributed by atoms with Gasteiger partial charge in [0.1, 0.15) is 5.82 Å². The monoisotopic (exact) mass is 162 g/mol. The Labute approximate surface area is 71.1 Å². The number of rotatable bonds is 1. The van der Waals surface area contributed by atoms with Crippen molar-refractivity contribution in [3.63, 3.8) is 0 Å². The molecule has 2 heterocycles. The van der Waals surface area contributed by atoms with Crippen molar-refractivity contribution in [2.24, 2.45) is 0 Å². The first-order valence-electron chi connectivity index (χ1n) is 3.74. The summed E-state index contributed by atoms with van der Waals surface area (Å²) in [4.78, 5) is 4.18. The van der Waals surface area contributed by atoms with Crippen LogP contribution in [-0.4, -0.2) is 17.0 Å². The molecule has 0 saturated carbocycles. The number of hydrogen-bond acceptors (Lipinski definition) is 4. The van der Waals surface area contributed by atoms with Gasteiger partial charge in [-0.1, -0.05) is 6.07 Å². The molecule has 0 atom stereocenters. The fourth-order valence-electron chi connectivity index (χ4n) is 1.03. The minimum Gasteiger partial charge on any atom is -0.299 e. The van der Waals surface area contributed by atoms with E-state index in [-0.39, 0.29) is 0 Å². The van der Waals surface area contributed by atoms with Gasteiger partial charge in [-0.05, 0) is 12.1 Å². The Morgan fingerprint density at radius 1 is 1.33 bits per heavy atom. The molecule has 4 nitrogen and oxygen atoms in total. The topological polar surface area (TPSA) is 31.4 Å². The van der Waals surface area contributed by atoms with Gasteiger partial charge in [-0.25, -0.2) is 9.99 Å². The molecule has 0 unspecified atom stereocenters. The number of nitrogens with zero attached hydrogens (tertiary/aromatic N) is 3. The van der Waals surface area contributed by atoms with E-state index >= 15 is 0 Å². The van der Waals surface area contributed by atoms with Crippen LogP contribution in [0.4, 0.5) is 5.82 Å². The Hall–Kier alpha value is -1.55. The summed E-state index contributed by atoms with van der Waals surface area (Å²) < 4.78 is 0. The summed E-state index contributed by atoms with van der Waals surface area (Å²) >= 11 is 0. The van der Waals surface area contributed by atoms with Crippen LogP contribution in [0.15, 0.2) is 36.8 Å². The molecular formula is C8H10N4. The lowest BCUT2D eigenvalue weighted by molar-refractivity contribution is 0.357. The Morgan fingerprint density at radius 3 is 2.83 bits per heavy atom. The summed E-state index contributed by atoms with van der Waals surface area (Å²) in [7, 11) is 1.93. The van der Waals surface area contributed by atoms with Crippen molar-refractivity contribution in [3.05, 3.63) is 36.8 Å². The SMILES string of the molecule is CN1C=CN(c2ccccn2)N1. The molecule has 0 bridgehead atoms. The first-order valence-corrected chi connectivity index (χ1v) is 3.74. The van der Waals surface area contributed by atoms with E-state index in [1.807, 2.05) is 47.7 Å². The maximum absolute atomic E-state index is 4.18. The van der Waals surface area contributed by atoms with E-state index in [2.05, 4.69) is 10.5 Å². The summed E-state index contributed by atoms with van der Waals surface area (Å²) in [5.41, 5.74) is 3.06. The number of nitrogens with one attached hydrogen (secondary N) is 1. The van der Waals surface area contributed by atoms with E-state index in [0.717, 1.165) is 5.82 Å². The molecule has 2 rings (SSSR count). The first kappa shape index (κ1) is 7.12. The highest BCUT2D eigenvalue weighted by atomic mass is 15.8. The van der Waals surface area contributed by atoms with Crippen molar-refractivity contribution >= 4 is 5.82 Å². The molecule has 1 aliphatic heterocycles. The van der Waals surface area contributed by atoms with Crippen molar-refractivity contribution in [3.8, 4) is 0 Å². The van der Waals surface area contributed by atoms with Crippen LogP contribution in [0.1, 0.15) is 0 Å². The average Bonchev–Trinajstić information content (AvgIpc) is 2.54. The van der Waals surface area contributed by atoms with Crippen LogP contribution in [-0.2, 0) is 0 Å². The van der Waals surface area contributed by atoms with Crippen molar-refractivity contribution in [2.75, 3.05) is 12.1 Å². The highest BCUT2D eigenvalue weighted by Gasteiger charge is 2.09. The molecule has 0 aliphatic carbocycles. The third-order valence-corrected chi connectivity index (χ3v) is 1.60. The van der Waals surface area contributed by atoms with Crippen LogP contribution in [0.5, 0.6) is 0 Å². The third-order valence-electron chi connectivity index (χ3n) is 1.60. The molecule has 1 aromatic rings. The molecule has 12 heavy (non-hydrogen) atoms. The Morgan fingerprint density at radius 2 is 2.25 bits per heavy atom. The van der Waals surface area contributed by atoms with Gasteiger partial charge in [-0.2, -0.15) is 0 Å². The second kappa shape index (κ2) is 2.83. The fourth-order valence-corrected chi connectivity index (χ4v) is 1.03. The van der Waals surface area contributed by atoms with Crippen LogP contribution in [0.3, 0.4) is 0 Å². The second-order valence-electron chi connectivity index (χ2n) is 2.57. The number of hydrogen-bond donors (Lipinski definition) is 1. The van der Waals surface area contributed by atoms with E-state index in [1.165, 1.54) is 0 Å². The lowest BCUT2D eigenvalue weighted by atomic mass is 10.4. The Bertz CT molecular complexity index is 282. The van der Waals surface area contributed by atoms with E-state index in [4.69, 9.17) is 0 Å². The van der Waals surface area contributed by atoms with Gasteiger partial charge in [-0.15, -0.1) is 5.53 Å². The lowest BCUT2D eigenvalue weighted by Gasteiger charge is -2.17. The lowest BCUT2D eigenvalue weighted by Crippen LogP contribution is -2.37. The molecule has 0 saturated heterocycles. The number of pyridine rings is 1. The fraction of sp³-hybridized carbons (Fsp3) is 0.125. The standard InChI is InChI=1S/C8H10N4/c1-11-6-7-12(10-11)8-4-2-3-5-9-8/h2-7,10H,1H3. The van der Waals surface area contributed by atoms with Gasteiger partial charge in [0.05, 0.1) is 0 Å². The van der Waals surface area contributed by atoms with Gasteiger partial charge in [0.15, 0.2) is 0 Å². The minimum atomic E-state index is 0.887. The molecule has 1 aromatic heterocycles. The predicted molar refractivity (Wildman–Crippen MR) is 46.8 cm³/mol. The molecule has 0 aromatic carbocycles. The predicted octanol–water partition coefficient (Wildman–Crippen LogP) is 0.724. The van der Waals surface area contributed by atoms with Crippen LogP contribution < -0.4 is 10.5 Å². The van der Waals surface area contributed by atoms with Gasteiger partial charge in [-0.3, -0.25) is 5.01 Å². The second-order valence-corrected chi connectivity index (χ2v) is 2.57. The molecule has 4 heteroatoms. The number of aromatic nitrogens is 1. The van der Waals surface area contributed by atoms with Gasteiger partial charge >= 0.3 is 0 Å². The average molecular weight is 162 g/mol. The number of hydrazine groups is 2. The largest absolute Gasteiger partial charge is 0.299 e. The van der Waals surface area contributed by atoms with Crippen LogP contribution in [0.25, 0.3) is 0 Å². The maximum Gasteiger partial charge on any atom is 0.148 e. The summed E-state index contributed by atoms with van der Waals surface area (Å²) in [6.07, 6.45) is 5.61. The first-order chi connectivity index (χ1) is 5.86. The smallest absolute Gasteiger partial charge is 0.148 e. The van der Waals surface area contributed by atoms with Crippen LogP contribution in [0.2, 0.25) is 0 Å². The quantitative estimate of drug-likeness (QED) is 0.659. The zero-order chi connectivity index (χ0) is 8.39. The molecule has 0 amide bonds. The highest BCUT2D eigenvalue weighted by molar-refractivity contribution is 5.40. The summed E-state index contributed by atoms with van der Waals surface area (Å²) in [6.45, 7) is 0. The van der Waals surface area contributed by atoms with Crippen molar-refractivity contribution < 1.29 is 0 Å². The van der Waals surface area contributed by atoms with E-state index in [9.17, 15) is 0 Å². The normalized spacial score (nSPS) is 15.8. The Kier molecular flexibility index (Phi) is 1.68. The van der Waals surface area contributed by atoms with Gasteiger partial charge in [0, 0.05) is 25.6 Å². The molecular weight excluding hydrogens is 152 g/mol. The minimum absolute atomic E-state index is 0.887. The molecule has 0 radical (unpaired) electrons. The summed E-state index contributed by atoms with van der Waals surface area (Å²) in [5.74, 6) is 0.887. The van der Waals surface area contributed by atoms with Gasteiger partial charge in [0.25, 0.3) is 0 Å². The maximum atomic E-state index is 4.18. The molecule has 1 aliphatic rings. The number of anilines is 1. The molecule has 1 N–H and O–H groups in total. The van der Waals surface area contributed by atoms with E-state index in [0.29, 0.717) is 0 Å². The van der Waals surface area contributed by atoms with E-state index < -0.39 is 0 Å². The highest BCUT2D eigenvalue weighted by Crippen LogP contribution is 2.10.